The fourth-order valence-corrected chi connectivity index (χ4v) is 26.1. The Bertz CT molecular complexity index is 669. The van der Waals surface area contributed by atoms with Gasteiger partial charge in [-0.3, -0.25) is 0 Å². The van der Waals surface area contributed by atoms with Gasteiger partial charge in [0.1, 0.15) is 0 Å². The lowest BCUT2D eigenvalue weighted by Crippen LogP contribution is -2.65. The molecule has 5 radical (unpaired) electrons. The van der Waals surface area contributed by atoms with Crippen molar-refractivity contribution in [3.05, 3.63) is 30.3 Å². The van der Waals surface area contributed by atoms with Crippen LogP contribution in [0.3, 0.4) is 0 Å². The highest BCUT2D eigenvalue weighted by molar-refractivity contribution is 6.91. The third-order valence-electron chi connectivity index (χ3n) is 3.70. The van der Waals surface area contributed by atoms with Crippen LogP contribution in [-0.2, 0) is 33.5 Å². The molecule has 0 aliphatic heterocycles. The van der Waals surface area contributed by atoms with Gasteiger partial charge in [-0.15, -0.1) is 0 Å². The maximum absolute atomic E-state index is 6.74. The molecule has 0 atom stereocenters. The molecule has 0 saturated heterocycles. The fraction of sp³-hybridized carbons (Fsp3) is 0.667. The monoisotopic (exact) mass is 579 g/mol. The molecule has 187 valence electrons. The second-order valence-electron chi connectivity index (χ2n) is 8.68. The topological polar surface area (TPSA) is 73.8 Å². The number of rotatable bonds is 17. The summed E-state index contributed by atoms with van der Waals surface area (Å²) in [6.45, 7) is 21.4. The van der Waals surface area contributed by atoms with E-state index in [-0.39, 0.29) is 20.0 Å². The molecular formula is C18H39O8Si7. The van der Waals surface area contributed by atoms with Gasteiger partial charge in [0.05, 0.1) is 0 Å². The standard InChI is InChI=1S/C18H39O8Si7/c1-11-19-27-21-33(22-28-20-12-2,18-16-14-13-15-17-18)26-32(9,10)25-31(7,8)24-30(5,6)23-29(3)4/h13-17H,11-12H2,1-10H3. The zero-order valence-corrected chi connectivity index (χ0v) is 28.6. The van der Waals surface area contributed by atoms with Crippen LogP contribution >= 0.6 is 0 Å². The summed E-state index contributed by atoms with van der Waals surface area (Å²) in [6, 6.07) is 9.75. The van der Waals surface area contributed by atoms with Gasteiger partial charge in [0, 0.05) is 18.4 Å². The molecule has 0 saturated carbocycles. The van der Waals surface area contributed by atoms with E-state index in [9.17, 15) is 0 Å². The molecule has 0 amide bonds. The Morgan fingerprint density at radius 3 is 1.61 bits per heavy atom. The van der Waals surface area contributed by atoms with Gasteiger partial charge < -0.3 is 33.5 Å². The SMILES string of the molecule is CCO[Si]O[Si](O[Si]OCC)(O[Si](C)(C)O[Si](C)(C)O[Si](C)(C)O[Si](C)C)c1ccccc1. The summed E-state index contributed by atoms with van der Waals surface area (Å²) in [7, 11) is -12.4. The molecule has 0 heterocycles. The van der Waals surface area contributed by atoms with Gasteiger partial charge in [0.15, 0.2) is 9.04 Å². The average Bonchev–Trinajstić information content (AvgIpc) is 2.65. The summed E-state index contributed by atoms with van der Waals surface area (Å²) in [4.78, 5) is 0. The minimum absolute atomic E-state index is 0.219. The molecular weight excluding hydrogens is 541 g/mol. The predicted molar refractivity (Wildman–Crippen MR) is 143 cm³/mol. The Morgan fingerprint density at radius 2 is 1.15 bits per heavy atom. The van der Waals surface area contributed by atoms with Crippen LogP contribution in [-0.4, -0.2) is 76.8 Å². The highest BCUT2D eigenvalue weighted by Gasteiger charge is 2.52. The third kappa shape index (κ3) is 12.3. The van der Waals surface area contributed by atoms with E-state index in [0.717, 1.165) is 5.19 Å². The lowest BCUT2D eigenvalue weighted by Gasteiger charge is -2.41. The third-order valence-corrected chi connectivity index (χ3v) is 22.9. The Labute approximate surface area is 211 Å². The first kappa shape index (κ1) is 31.4. The Balaban J connectivity index is 3.18. The highest BCUT2D eigenvalue weighted by atomic mass is 28.5. The molecule has 15 heteroatoms. The van der Waals surface area contributed by atoms with Gasteiger partial charge in [-0.2, -0.15) is 0 Å². The summed E-state index contributed by atoms with van der Waals surface area (Å²) in [5.74, 6) is 0. The molecule has 0 fully saturated rings. The van der Waals surface area contributed by atoms with Gasteiger partial charge in [0.2, 0.25) is 0 Å². The molecule has 0 spiro atoms. The summed E-state index contributed by atoms with van der Waals surface area (Å²) in [5.41, 5.74) is 0. The van der Waals surface area contributed by atoms with Crippen molar-refractivity contribution in [2.24, 2.45) is 0 Å². The van der Waals surface area contributed by atoms with Crippen LogP contribution in [0.1, 0.15) is 13.8 Å². The highest BCUT2D eigenvalue weighted by Crippen LogP contribution is 2.25. The van der Waals surface area contributed by atoms with E-state index in [2.05, 4.69) is 26.2 Å². The number of hydrogen-bond acceptors (Lipinski definition) is 8. The Hall–Kier alpha value is 0.418. The lowest BCUT2D eigenvalue weighted by molar-refractivity contribution is 0.197. The van der Waals surface area contributed by atoms with Crippen molar-refractivity contribution in [1.29, 1.82) is 0 Å². The number of benzene rings is 1. The molecule has 0 bridgehead atoms. The predicted octanol–water partition coefficient (Wildman–Crippen LogP) is 3.43. The van der Waals surface area contributed by atoms with Crippen LogP contribution < -0.4 is 5.19 Å². The molecule has 33 heavy (non-hydrogen) atoms. The van der Waals surface area contributed by atoms with Crippen LogP contribution in [0, 0.1) is 0 Å². The van der Waals surface area contributed by atoms with Crippen molar-refractivity contribution < 1.29 is 33.5 Å². The van der Waals surface area contributed by atoms with Crippen molar-refractivity contribution in [3.63, 3.8) is 0 Å². The molecule has 8 nitrogen and oxygen atoms in total. The van der Waals surface area contributed by atoms with E-state index in [1.807, 2.05) is 70.4 Å². The van der Waals surface area contributed by atoms with Crippen LogP contribution in [0.25, 0.3) is 0 Å². The van der Waals surface area contributed by atoms with Crippen LogP contribution in [0.4, 0.5) is 0 Å². The van der Waals surface area contributed by atoms with Crippen molar-refractivity contribution in [1.82, 2.24) is 0 Å². The minimum atomic E-state index is -3.40. The molecule has 0 aromatic heterocycles. The van der Waals surface area contributed by atoms with E-state index >= 15 is 0 Å². The van der Waals surface area contributed by atoms with Crippen molar-refractivity contribution >= 4 is 68.7 Å². The minimum Gasteiger partial charge on any atom is -0.437 e. The van der Waals surface area contributed by atoms with E-state index in [1.165, 1.54) is 0 Å². The second kappa shape index (κ2) is 14.2. The normalized spacial score (nSPS) is 13.7. The summed E-state index contributed by atoms with van der Waals surface area (Å²) >= 11 is 0. The van der Waals surface area contributed by atoms with Crippen LogP contribution in [0.15, 0.2) is 30.3 Å². The lowest BCUT2D eigenvalue weighted by atomic mass is 10.4. The maximum Gasteiger partial charge on any atom is 0.510 e. The van der Waals surface area contributed by atoms with E-state index in [0.29, 0.717) is 13.2 Å². The van der Waals surface area contributed by atoms with Gasteiger partial charge >= 0.3 is 54.5 Å². The Kier molecular flexibility index (Phi) is 13.6. The van der Waals surface area contributed by atoms with Gasteiger partial charge in [-0.05, 0) is 66.2 Å². The average molecular weight is 580 g/mol. The maximum atomic E-state index is 6.74. The smallest absolute Gasteiger partial charge is 0.437 e. The molecule has 0 aliphatic carbocycles. The summed E-state index contributed by atoms with van der Waals surface area (Å²) in [6.07, 6.45) is 0. The zero-order valence-electron chi connectivity index (χ0n) is 21.6. The second-order valence-corrected chi connectivity index (χ2v) is 26.4. The largest absolute Gasteiger partial charge is 0.510 e. The molecule has 0 unspecified atom stereocenters. The van der Waals surface area contributed by atoms with E-state index in [4.69, 9.17) is 33.5 Å². The number of hydrogen-bond donors (Lipinski definition) is 0. The van der Waals surface area contributed by atoms with E-state index in [1.54, 1.807) is 0 Å². The van der Waals surface area contributed by atoms with Crippen LogP contribution in [0.2, 0.25) is 52.4 Å². The first-order valence-electron chi connectivity index (χ1n) is 11.0. The summed E-state index contributed by atoms with van der Waals surface area (Å²) in [5, 5.41) is 0.844. The summed E-state index contributed by atoms with van der Waals surface area (Å²) < 4.78 is 49.6. The molecule has 1 aromatic rings. The first-order valence-corrected chi connectivity index (χ1v) is 25.2. The Morgan fingerprint density at radius 1 is 0.697 bits per heavy atom. The fourth-order valence-electron chi connectivity index (χ4n) is 3.23. The van der Waals surface area contributed by atoms with Crippen molar-refractivity contribution in [2.75, 3.05) is 13.2 Å². The van der Waals surface area contributed by atoms with Crippen LogP contribution in [0.5, 0.6) is 0 Å². The first-order chi connectivity index (χ1) is 15.3. The zero-order chi connectivity index (χ0) is 25.2. The molecule has 1 rings (SSSR count). The molecule has 0 aliphatic rings. The van der Waals surface area contributed by atoms with Crippen molar-refractivity contribution in [2.45, 2.75) is 66.2 Å². The molecule has 0 N–H and O–H groups in total. The van der Waals surface area contributed by atoms with Gasteiger partial charge in [-0.25, -0.2) is 0 Å². The molecule has 1 aromatic carbocycles. The van der Waals surface area contributed by atoms with Crippen molar-refractivity contribution in [3.8, 4) is 0 Å². The van der Waals surface area contributed by atoms with Gasteiger partial charge in [-0.1, -0.05) is 30.3 Å². The van der Waals surface area contributed by atoms with E-state index < -0.39 is 43.5 Å². The van der Waals surface area contributed by atoms with Gasteiger partial charge in [0.25, 0.3) is 0 Å². The quantitative estimate of drug-likeness (QED) is 0.205.